The summed E-state index contributed by atoms with van der Waals surface area (Å²) in [6, 6.07) is 14.6. The number of halogens is 1. The van der Waals surface area contributed by atoms with Crippen molar-refractivity contribution in [3.05, 3.63) is 58.3 Å². The minimum Gasteiger partial charge on any atom is -0.298 e. The average molecular weight is 320 g/mol. The summed E-state index contributed by atoms with van der Waals surface area (Å²) in [6.45, 7) is 2.77. The Balaban J connectivity index is 1.74. The Morgan fingerprint density at radius 2 is 2.05 bits per heavy atom. The molecule has 1 aromatic heterocycles. The molecule has 0 spiro atoms. The monoisotopic (exact) mass is 319 g/mol. The van der Waals surface area contributed by atoms with Gasteiger partial charge in [0.2, 0.25) is 5.24 Å². The topological polar surface area (TPSA) is 20.3 Å². The zero-order valence-corrected chi connectivity index (χ0v) is 13.3. The van der Waals surface area contributed by atoms with Crippen LogP contribution in [0.25, 0.3) is 0 Å². The smallest absolute Gasteiger partial charge is 0.225 e. The molecule has 1 aliphatic heterocycles. The van der Waals surface area contributed by atoms with Crippen LogP contribution in [0.15, 0.2) is 47.8 Å². The Morgan fingerprint density at radius 3 is 2.71 bits per heavy atom. The molecule has 110 valence electrons. The average Bonchev–Trinajstić information content (AvgIpc) is 3.02. The molecule has 3 rings (SSSR count). The van der Waals surface area contributed by atoms with Gasteiger partial charge in [0.05, 0.1) is 0 Å². The van der Waals surface area contributed by atoms with Gasteiger partial charge in [-0.1, -0.05) is 36.4 Å². The summed E-state index contributed by atoms with van der Waals surface area (Å²) < 4.78 is 0. The summed E-state index contributed by atoms with van der Waals surface area (Å²) in [7, 11) is 0. The number of carbonyl (C=O) groups is 1. The van der Waals surface area contributed by atoms with E-state index in [2.05, 4.69) is 40.6 Å². The Labute approximate surface area is 134 Å². The fraction of sp³-hybridized carbons (Fsp3) is 0.353. The molecule has 0 amide bonds. The van der Waals surface area contributed by atoms with Gasteiger partial charge in [-0.3, -0.25) is 9.69 Å². The van der Waals surface area contributed by atoms with E-state index in [1.807, 2.05) is 12.1 Å². The van der Waals surface area contributed by atoms with Gasteiger partial charge in [-0.2, -0.15) is 0 Å². The lowest BCUT2D eigenvalue weighted by molar-refractivity contribution is -0.117. The van der Waals surface area contributed by atoms with E-state index in [1.165, 1.54) is 10.4 Å². The van der Waals surface area contributed by atoms with Crippen LogP contribution in [-0.2, 0) is 11.3 Å². The van der Waals surface area contributed by atoms with Crippen LogP contribution in [0.2, 0.25) is 0 Å². The maximum atomic E-state index is 11.7. The number of thiophene rings is 1. The SMILES string of the molecule is O=C(Cl)C1CCN(Cc2ccccc2)CC1c1cccs1. The number of piperidine rings is 1. The largest absolute Gasteiger partial charge is 0.298 e. The van der Waals surface area contributed by atoms with Gasteiger partial charge in [-0.15, -0.1) is 11.3 Å². The molecule has 2 nitrogen and oxygen atoms in total. The summed E-state index contributed by atoms with van der Waals surface area (Å²) in [5, 5.41) is 1.88. The molecule has 0 bridgehead atoms. The highest BCUT2D eigenvalue weighted by Gasteiger charge is 2.34. The summed E-state index contributed by atoms with van der Waals surface area (Å²) in [4.78, 5) is 15.4. The summed E-state index contributed by atoms with van der Waals surface area (Å²) in [6.07, 6.45) is 0.845. The third-order valence-electron chi connectivity index (χ3n) is 4.15. The van der Waals surface area contributed by atoms with E-state index >= 15 is 0 Å². The number of likely N-dealkylation sites (tertiary alicyclic amines) is 1. The van der Waals surface area contributed by atoms with Gasteiger partial charge in [0.1, 0.15) is 0 Å². The molecule has 2 heterocycles. The van der Waals surface area contributed by atoms with Crippen molar-refractivity contribution in [2.45, 2.75) is 18.9 Å². The fourth-order valence-corrected chi connectivity index (χ4v) is 4.21. The maximum absolute atomic E-state index is 11.7. The quantitative estimate of drug-likeness (QED) is 0.790. The Kier molecular flexibility index (Phi) is 4.73. The van der Waals surface area contributed by atoms with Crippen molar-refractivity contribution in [1.82, 2.24) is 4.90 Å². The molecular weight excluding hydrogens is 302 g/mol. The van der Waals surface area contributed by atoms with E-state index in [9.17, 15) is 4.79 Å². The van der Waals surface area contributed by atoms with Crippen molar-refractivity contribution in [3.8, 4) is 0 Å². The highest BCUT2D eigenvalue weighted by molar-refractivity contribution is 7.10. The van der Waals surface area contributed by atoms with Crippen LogP contribution in [0, 0.1) is 5.92 Å². The van der Waals surface area contributed by atoms with Crippen molar-refractivity contribution in [3.63, 3.8) is 0 Å². The van der Waals surface area contributed by atoms with Crippen LogP contribution in [0.4, 0.5) is 0 Å². The summed E-state index contributed by atoms with van der Waals surface area (Å²) in [5.74, 6) is 0.185. The van der Waals surface area contributed by atoms with Crippen LogP contribution in [0.3, 0.4) is 0 Å². The van der Waals surface area contributed by atoms with Gasteiger partial charge in [0.25, 0.3) is 0 Å². The molecule has 0 N–H and O–H groups in total. The zero-order valence-electron chi connectivity index (χ0n) is 11.7. The highest BCUT2D eigenvalue weighted by atomic mass is 35.5. The second-order valence-electron chi connectivity index (χ2n) is 5.54. The van der Waals surface area contributed by atoms with Crippen LogP contribution in [0.1, 0.15) is 22.8 Å². The molecule has 0 radical (unpaired) electrons. The van der Waals surface area contributed by atoms with Crippen LogP contribution >= 0.6 is 22.9 Å². The lowest BCUT2D eigenvalue weighted by Crippen LogP contribution is -2.40. The first kappa shape index (κ1) is 14.8. The van der Waals surface area contributed by atoms with E-state index < -0.39 is 0 Å². The minimum absolute atomic E-state index is 0.0441. The standard InChI is InChI=1S/C17H18ClNOS/c18-17(20)14-8-9-19(11-13-5-2-1-3-6-13)12-15(14)16-7-4-10-21-16/h1-7,10,14-15H,8-9,11-12H2. The third kappa shape index (κ3) is 3.54. The predicted octanol–water partition coefficient (Wildman–Crippen LogP) is 4.12. The van der Waals surface area contributed by atoms with Crippen LogP contribution in [0.5, 0.6) is 0 Å². The van der Waals surface area contributed by atoms with Gasteiger partial charge in [0, 0.05) is 29.8 Å². The third-order valence-corrected chi connectivity index (χ3v) is 5.43. The van der Waals surface area contributed by atoms with Crippen molar-refractivity contribution in [2.24, 2.45) is 5.92 Å². The van der Waals surface area contributed by atoms with Crippen LogP contribution in [-0.4, -0.2) is 23.2 Å². The normalized spacial score (nSPS) is 23.1. The Morgan fingerprint density at radius 1 is 1.24 bits per heavy atom. The molecule has 2 unspecified atom stereocenters. The molecule has 1 aromatic carbocycles. The lowest BCUT2D eigenvalue weighted by Gasteiger charge is -2.36. The molecule has 0 saturated carbocycles. The summed E-state index contributed by atoms with van der Waals surface area (Å²) in [5.41, 5.74) is 1.32. The molecule has 4 heteroatoms. The molecule has 2 atom stereocenters. The molecule has 1 fully saturated rings. The number of carbonyl (C=O) groups excluding carboxylic acids is 1. The van der Waals surface area contributed by atoms with E-state index in [4.69, 9.17) is 11.6 Å². The number of nitrogens with zero attached hydrogens (tertiary/aromatic N) is 1. The zero-order chi connectivity index (χ0) is 14.7. The van der Waals surface area contributed by atoms with E-state index in [0.717, 1.165) is 26.1 Å². The van der Waals surface area contributed by atoms with Gasteiger partial charge in [-0.25, -0.2) is 0 Å². The summed E-state index contributed by atoms with van der Waals surface area (Å²) >= 11 is 7.54. The molecule has 21 heavy (non-hydrogen) atoms. The van der Waals surface area contributed by atoms with E-state index in [0.29, 0.717) is 0 Å². The number of benzene rings is 1. The van der Waals surface area contributed by atoms with Crippen molar-refractivity contribution in [1.29, 1.82) is 0 Å². The lowest BCUT2D eigenvalue weighted by atomic mass is 9.85. The predicted molar refractivity (Wildman–Crippen MR) is 87.7 cm³/mol. The first-order chi connectivity index (χ1) is 10.2. The number of rotatable bonds is 4. The number of hydrogen-bond donors (Lipinski definition) is 0. The molecule has 1 aliphatic rings. The highest BCUT2D eigenvalue weighted by Crippen LogP contribution is 2.36. The van der Waals surface area contributed by atoms with Gasteiger partial charge in [-0.05, 0) is 41.6 Å². The molecule has 2 aromatic rings. The fourth-order valence-electron chi connectivity index (χ4n) is 3.07. The van der Waals surface area contributed by atoms with Gasteiger partial charge in [0.15, 0.2) is 0 Å². The van der Waals surface area contributed by atoms with Gasteiger partial charge < -0.3 is 0 Å². The first-order valence-corrected chi connectivity index (χ1v) is 8.49. The number of hydrogen-bond acceptors (Lipinski definition) is 3. The van der Waals surface area contributed by atoms with Crippen molar-refractivity contribution >= 4 is 28.2 Å². The molecule has 1 saturated heterocycles. The molecule has 0 aliphatic carbocycles. The maximum Gasteiger partial charge on any atom is 0.225 e. The second kappa shape index (κ2) is 6.73. The Bertz CT molecular complexity index is 584. The first-order valence-electron chi connectivity index (χ1n) is 7.23. The van der Waals surface area contributed by atoms with Crippen molar-refractivity contribution < 1.29 is 4.79 Å². The van der Waals surface area contributed by atoms with E-state index in [1.54, 1.807) is 11.3 Å². The minimum atomic E-state index is -0.187. The Hall–Kier alpha value is -1.16. The molecular formula is C17H18ClNOS. The second-order valence-corrected chi connectivity index (χ2v) is 6.89. The van der Waals surface area contributed by atoms with Crippen molar-refractivity contribution in [2.75, 3.05) is 13.1 Å². The van der Waals surface area contributed by atoms with Gasteiger partial charge >= 0.3 is 0 Å². The van der Waals surface area contributed by atoms with E-state index in [-0.39, 0.29) is 17.1 Å². The van der Waals surface area contributed by atoms with Crippen LogP contribution < -0.4 is 0 Å².